The summed E-state index contributed by atoms with van der Waals surface area (Å²) in [6, 6.07) is 7.21. The van der Waals surface area contributed by atoms with Crippen LogP contribution in [0.3, 0.4) is 0 Å². The standard InChI is InChI=1S/C13H12N2O3/c1-7-2-3-8-4-5-10(16)15-6-9(18-13(14)17)11(7)12(8)15/h2-5,9H,6H2,1H3,(H2,14,17). The van der Waals surface area contributed by atoms with Gasteiger partial charge in [0.05, 0.1) is 12.1 Å². The van der Waals surface area contributed by atoms with Crippen molar-refractivity contribution < 1.29 is 9.53 Å². The van der Waals surface area contributed by atoms with Gasteiger partial charge in [0.15, 0.2) is 0 Å². The van der Waals surface area contributed by atoms with E-state index in [1.165, 1.54) is 6.07 Å². The molecule has 2 N–H and O–H groups in total. The molecule has 2 aromatic rings. The van der Waals surface area contributed by atoms with Crippen molar-refractivity contribution in [1.82, 2.24) is 4.57 Å². The molecule has 2 heterocycles. The van der Waals surface area contributed by atoms with Gasteiger partial charge in [-0.05, 0) is 23.9 Å². The summed E-state index contributed by atoms with van der Waals surface area (Å²) in [5.74, 6) is 0. The first-order chi connectivity index (χ1) is 8.58. The molecule has 0 fully saturated rings. The fourth-order valence-electron chi connectivity index (χ4n) is 2.60. The van der Waals surface area contributed by atoms with Gasteiger partial charge in [0.2, 0.25) is 0 Å². The summed E-state index contributed by atoms with van der Waals surface area (Å²) in [6.07, 6.45) is -1.29. The zero-order valence-corrected chi connectivity index (χ0v) is 9.84. The van der Waals surface area contributed by atoms with Crippen LogP contribution >= 0.6 is 0 Å². The zero-order valence-electron chi connectivity index (χ0n) is 9.84. The average Bonchev–Trinajstić information content (AvgIpc) is 2.67. The number of aryl methyl sites for hydroxylation is 1. The van der Waals surface area contributed by atoms with E-state index in [1.807, 2.05) is 19.1 Å². The summed E-state index contributed by atoms with van der Waals surface area (Å²) < 4.78 is 6.73. The maximum atomic E-state index is 11.8. The van der Waals surface area contributed by atoms with Crippen molar-refractivity contribution in [2.45, 2.75) is 19.6 Å². The van der Waals surface area contributed by atoms with Crippen LogP contribution in [-0.2, 0) is 11.3 Å². The number of nitrogens with two attached hydrogens (primary N) is 1. The summed E-state index contributed by atoms with van der Waals surface area (Å²) in [7, 11) is 0. The average molecular weight is 244 g/mol. The molecule has 0 bridgehead atoms. The molecule has 0 saturated heterocycles. The van der Waals surface area contributed by atoms with Gasteiger partial charge in [-0.1, -0.05) is 12.1 Å². The number of aromatic nitrogens is 1. The van der Waals surface area contributed by atoms with E-state index in [2.05, 4.69) is 0 Å². The molecule has 1 unspecified atom stereocenters. The smallest absolute Gasteiger partial charge is 0.405 e. The normalized spacial score (nSPS) is 17.1. The third-order valence-corrected chi connectivity index (χ3v) is 3.34. The van der Waals surface area contributed by atoms with E-state index in [9.17, 15) is 9.59 Å². The highest BCUT2D eigenvalue weighted by Gasteiger charge is 2.29. The van der Waals surface area contributed by atoms with Crippen LogP contribution in [0.5, 0.6) is 0 Å². The highest BCUT2D eigenvalue weighted by molar-refractivity contribution is 5.85. The molecule has 1 aliphatic heterocycles. The van der Waals surface area contributed by atoms with Gasteiger partial charge in [-0.25, -0.2) is 4.79 Å². The lowest BCUT2D eigenvalue weighted by Crippen LogP contribution is -2.21. The number of nitrogens with zero attached hydrogens (tertiary/aromatic N) is 1. The van der Waals surface area contributed by atoms with E-state index < -0.39 is 12.2 Å². The third-order valence-electron chi connectivity index (χ3n) is 3.34. The van der Waals surface area contributed by atoms with Crippen LogP contribution in [0.25, 0.3) is 10.9 Å². The van der Waals surface area contributed by atoms with Crippen LogP contribution in [-0.4, -0.2) is 10.7 Å². The molecular weight excluding hydrogens is 232 g/mol. The van der Waals surface area contributed by atoms with Crippen LogP contribution in [0.4, 0.5) is 4.79 Å². The Morgan fingerprint density at radius 1 is 1.39 bits per heavy atom. The van der Waals surface area contributed by atoms with Crippen molar-refractivity contribution in [3.8, 4) is 0 Å². The molecule has 1 aromatic heterocycles. The first-order valence-corrected chi connectivity index (χ1v) is 5.67. The molecule has 3 rings (SSSR count). The Morgan fingerprint density at radius 3 is 2.83 bits per heavy atom. The lowest BCUT2D eigenvalue weighted by Gasteiger charge is -2.12. The molecule has 0 radical (unpaired) electrons. The Bertz CT molecular complexity index is 718. The molecule has 1 atom stereocenters. The molecule has 1 amide bonds. The Balaban J connectivity index is 2.31. The van der Waals surface area contributed by atoms with E-state index in [0.717, 1.165) is 22.0 Å². The highest BCUT2D eigenvalue weighted by Crippen LogP contribution is 2.35. The largest absolute Gasteiger partial charge is 0.439 e. The minimum Gasteiger partial charge on any atom is -0.439 e. The molecular formula is C13H12N2O3. The molecule has 92 valence electrons. The minimum atomic E-state index is -0.822. The number of hydrogen-bond acceptors (Lipinski definition) is 3. The summed E-state index contributed by atoms with van der Waals surface area (Å²) in [5, 5.41) is 0.964. The topological polar surface area (TPSA) is 74.3 Å². The van der Waals surface area contributed by atoms with Crippen molar-refractivity contribution in [2.75, 3.05) is 0 Å². The van der Waals surface area contributed by atoms with E-state index in [1.54, 1.807) is 10.6 Å². The first-order valence-electron chi connectivity index (χ1n) is 5.67. The lowest BCUT2D eigenvalue weighted by molar-refractivity contribution is 0.102. The number of pyridine rings is 1. The van der Waals surface area contributed by atoms with E-state index in [0.29, 0.717) is 6.54 Å². The minimum absolute atomic E-state index is 0.0927. The second-order valence-corrected chi connectivity index (χ2v) is 4.44. The van der Waals surface area contributed by atoms with Crippen LogP contribution in [0.1, 0.15) is 17.2 Å². The van der Waals surface area contributed by atoms with Gasteiger partial charge in [-0.2, -0.15) is 0 Å². The Hall–Kier alpha value is -2.30. The molecule has 5 nitrogen and oxygen atoms in total. The quantitative estimate of drug-likeness (QED) is 0.825. The van der Waals surface area contributed by atoms with Crippen molar-refractivity contribution >= 4 is 17.0 Å². The number of rotatable bonds is 1. The Morgan fingerprint density at radius 2 is 2.11 bits per heavy atom. The highest BCUT2D eigenvalue weighted by atomic mass is 16.6. The number of benzene rings is 1. The summed E-state index contributed by atoms with van der Waals surface area (Å²) in [5.41, 5.74) is 7.69. The van der Waals surface area contributed by atoms with Gasteiger partial charge in [-0.3, -0.25) is 4.79 Å². The molecule has 5 heteroatoms. The Labute approximate surface area is 103 Å². The molecule has 0 spiro atoms. The van der Waals surface area contributed by atoms with Gasteiger partial charge >= 0.3 is 6.09 Å². The number of ether oxygens (including phenoxy) is 1. The first kappa shape index (κ1) is 10.8. The lowest BCUT2D eigenvalue weighted by atomic mass is 10.0. The number of primary amides is 1. The molecule has 1 aliphatic rings. The van der Waals surface area contributed by atoms with Gasteiger partial charge in [-0.15, -0.1) is 0 Å². The molecule has 0 saturated carbocycles. The van der Waals surface area contributed by atoms with E-state index in [4.69, 9.17) is 10.5 Å². The zero-order chi connectivity index (χ0) is 12.9. The van der Waals surface area contributed by atoms with Crippen molar-refractivity contribution in [3.05, 3.63) is 45.7 Å². The summed E-state index contributed by atoms with van der Waals surface area (Å²) >= 11 is 0. The number of hydrogen-bond donors (Lipinski definition) is 1. The SMILES string of the molecule is Cc1ccc2ccc(=O)n3c2c1C(OC(N)=O)C3. The van der Waals surface area contributed by atoms with Gasteiger partial charge in [0, 0.05) is 11.6 Å². The van der Waals surface area contributed by atoms with Crippen LogP contribution in [0, 0.1) is 6.92 Å². The van der Waals surface area contributed by atoms with Crippen molar-refractivity contribution in [2.24, 2.45) is 5.73 Å². The van der Waals surface area contributed by atoms with Gasteiger partial charge < -0.3 is 15.0 Å². The maximum Gasteiger partial charge on any atom is 0.405 e. The van der Waals surface area contributed by atoms with Crippen LogP contribution in [0.15, 0.2) is 29.1 Å². The number of carbonyl (C=O) groups excluding carboxylic acids is 1. The molecule has 0 aliphatic carbocycles. The van der Waals surface area contributed by atoms with E-state index in [-0.39, 0.29) is 5.56 Å². The van der Waals surface area contributed by atoms with Crippen molar-refractivity contribution in [3.63, 3.8) is 0 Å². The fraction of sp³-hybridized carbons (Fsp3) is 0.231. The predicted octanol–water partition coefficient (Wildman–Crippen LogP) is 1.46. The summed E-state index contributed by atoms with van der Waals surface area (Å²) in [6.45, 7) is 2.26. The predicted molar refractivity (Wildman–Crippen MR) is 66.4 cm³/mol. The van der Waals surface area contributed by atoms with Gasteiger partial charge in [0.1, 0.15) is 6.10 Å². The van der Waals surface area contributed by atoms with Gasteiger partial charge in [0.25, 0.3) is 5.56 Å². The van der Waals surface area contributed by atoms with E-state index >= 15 is 0 Å². The number of amides is 1. The maximum absolute atomic E-state index is 11.8. The third kappa shape index (κ3) is 1.40. The van der Waals surface area contributed by atoms with Crippen LogP contribution in [0.2, 0.25) is 0 Å². The Kier molecular flexibility index (Phi) is 2.16. The summed E-state index contributed by atoms with van der Waals surface area (Å²) in [4.78, 5) is 22.8. The number of carbonyl (C=O) groups is 1. The second kappa shape index (κ2) is 3.60. The fourth-order valence-corrected chi connectivity index (χ4v) is 2.60. The molecule has 1 aromatic carbocycles. The second-order valence-electron chi connectivity index (χ2n) is 4.44. The monoisotopic (exact) mass is 244 g/mol. The van der Waals surface area contributed by atoms with Crippen molar-refractivity contribution in [1.29, 1.82) is 0 Å². The van der Waals surface area contributed by atoms with Crippen LogP contribution < -0.4 is 11.3 Å². The molecule has 18 heavy (non-hydrogen) atoms.